The van der Waals surface area contributed by atoms with Crippen LogP contribution in [0, 0.1) is 0 Å². The number of benzene rings is 1. The van der Waals surface area contributed by atoms with Gasteiger partial charge in [-0.3, -0.25) is 4.99 Å². The van der Waals surface area contributed by atoms with Crippen molar-refractivity contribution in [3.05, 3.63) is 47.7 Å². The zero-order valence-electron chi connectivity index (χ0n) is 9.30. The lowest BCUT2D eigenvalue weighted by Gasteiger charge is -2.04. The number of nitrogens with zero attached hydrogens (tertiary/aromatic N) is 1. The molecule has 1 aromatic carbocycles. The van der Waals surface area contributed by atoms with Gasteiger partial charge in [0.05, 0.1) is 18.9 Å². The Morgan fingerprint density at radius 3 is 2.75 bits per heavy atom. The third-order valence-electron chi connectivity index (χ3n) is 2.07. The molecule has 3 heteroatoms. The molecule has 1 N–H and O–H groups in total. The first kappa shape index (κ1) is 12.6. The van der Waals surface area contributed by atoms with Crippen LogP contribution >= 0.6 is 0 Å². The SMILES string of the molecule is C=N/C(=C\CCO)COCc1ccccc1. The Morgan fingerprint density at radius 2 is 2.12 bits per heavy atom. The number of hydrogen-bond acceptors (Lipinski definition) is 3. The molecule has 0 aliphatic carbocycles. The first-order chi connectivity index (χ1) is 7.86. The molecule has 0 atom stereocenters. The molecule has 0 aromatic heterocycles. The molecule has 0 saturated heterocycles. The lowest BCUT2D eigenvalue weighted by Crippen LogP contribution is -1.97. The smallest absolute Gasteiger partial charge is 0.0888 e. The number of aliphatic hydroxyl groups excluding tert-OH is 1. The van der Waals surface area contributed by atoms with E-state index in [2.05, 4.69) is 11.7 Å². The summed E-state index contributed by atoms with van der Waals surface area (Å²) in [4.78, 5) is 3.83. The average Bonchev–Trinajstić information content (AvgIpc) is 2.35. The van der Waals surface area contributed by atoms with E-state index in [1.807, 2.05) is 36.4 Å². The predicted molar refractivity (Wildman–Crippen MR) is 65.4 cm³/mol. The summed E-state index contributed by atoms with van der Waals surface area (Å²) in [7, 11) is 0. The van der Waals surface area contributed by atoms with E-state index in [4.69, 9.17) is 9.84 Å². The fraction of sp³-hybridized carbons (Fsp3) is 0.308. The molecule has 0 amide bonds. The van der Waals surface area contributed by atoms with Crippen LogP contribution in [-0.2, 0) is 11.3 Å². The van der Waals surface area contributed by atoms with Crippen LogP contribution in [0.25, 0.3) is 0 Å². The molecular formula is C13H17NO2. The molecule has 0 fully saturated rings. The van der Waals surface area contributed by atoms with Crippen LogP contribution in [0.3, 0.4) is 0 Å². The zero-order chi connectivity index (χ0) is 11.6. The Kier molecular flexibility index (Phi) is 6.15. The Balaban J connectivity index is 2.31. The number of aliphatic imine (C=N–C) groups is 1. The minimum Gasteiger partial charge on any atom is -0.396 e. The summed E-state index contributed by atoms with van der Waals surface area (Å²) in [5.74, 6) is 0. The van der Waals surface area contributed by atoms with Gasteiger partial charge < -0.3 is 9.84 Å². The molecule has 0 saturated carbocycles. The van der Waals surface area contributed by atoms with Gasteiger partial charge in [-0.25, -0.2) is 0 Å². The third-order valence-corrected chi connectivity index (χ3v) is 2.07. The van der Waals surface area contributed by atoms with E-state index in [0.29, 0.717) is 19.6 Å². The normalized spacial score (nSPS) is 11.4. The molecule has 1 aromatic rings. The van der Waals surface area contributed by atoms with Gasteiger partial charge >= 0.3 is 0 Å². The zero-order valence-corrected chi connectivity index (χ0v) is 9.30. The number of aliphatic hydroxyl groups is 1. The average molecular weight is 219 g/mol. The summed E-state index contributed by atoms with van der Waals surface area (Å²) < 4.78 is 5.49. The van der Waals surface area contributed by atoms with E-state index in [9.17, 15) is 0 Å². The van der Waals surface area contributed by atoms with Gasteiger partial charge in [-0.1, -0.05) is 36.4 Å². The van der Waals surface area contributed by atoms with E-state index in [0.717, 1.165) is 11.3 Å². The lowest BCUT2D eigenvalue weighted by atomic mass is 10.2. The summed E-state index contributed by atoms with van der Waals surface area (Å²) in [6, 6.07) is 9.96. The molecule has 0 spiro atoms. The maximum absolute atomic E-state index is 8.67. The van der Waals surface area contributed by atoms with Gasteiger partial charge in [-0.05, 0) is 18.7 Å². The predicted octanol–water partition coefficient (Wildman–Crippen LogP) is 2.17. The number of rotatable bonds is 7. The highest BCUT2D eigenvalue weighted by Gasteiger charge is 1.95. The van der Waals surface area contributed by atoms with Crippen LogP contribution in [0.15, 0.2) is 47.1 Å². The molecular weight excluding hydrogens is 202 g/mol. The second kappa shape index (κ2) is 7.79. The van der Waals surface area contributed by atoms with Gasteiger partial charge in [0, 0.05) is 6.61 Å². The van der Waals surface area contributed by atoms with Gasteiger partial charge in [0.1, 0.15) is 0 Å². The minimum absolute atomic E-state index is 0.123. The molecule has 1 rings (SSSR count). The fourth-order valence-corrected chi connectivity index (χ4v) is 1.25. The molecule has 86 valence electrons. The minimum atomic E-state index is 0.123. The van der Waals surface area contributed by atoms with Crippen LogP contribution in [0.4, 0.5) is 0 Å². The summed E-state index contributed by atoms with van der Waals surface area (Å²) in [5.41, 5.74) is 1.90. The molecule has 0 heterocycles. The van der Waals surface area contributed by atoms with Gasteiger partial charge in [0.25, 0.3) is 0 Å². The second-order valence-electron chi connectivity index (χ2n) is 3.34. The van der Waals surface area contributed by atoms with Crippen molar-refractivity contribution in [1.29, 1.82) is 0 Å². The quantitative estimate of drug-likeness (QED) is 0.714. The Labute approximate surface area is 96.1 Å². The maximum Gasteiger partial charge on any atom is 0.0888 e. The van der Waals surface area contributed by atoms with Crippen LogP contribution < -0.4 is 0 Å². The molecule has 0 aliphatic rings. The first-order valence-electron chi connectivity index (χ1n) is 5.25. The molecule has 0 radical (unpaired) electrons. The van der Waals surface area contributed by atoms with Crippen molar-refractivity contribution in [1.82, 2.24) is 0 Å². The standard InChI is InChI=1S/C13H17NO2/c1-14-13(8-5-9-15)11-16-10-12-6-3-2-4-7-12/h2-4,6-8,15H,1,5,9-11H2/b13-8-. The van der Waals surface area contributed by atoms with Crippen LogP contribution in [0.1, 0.15) is 12.0 Å². The maximum atomic E-state index is 8.67. The molecule has 0 aliphatic heterocycles. The van der Waals surface area contributed by atoms with E-state index >= 15 is 0 Å². The summed E-state index contributed by atoms with van der Waals surface area (Å²) in [6.45, 7) is 4.57. The van der Waals surface area contributed by atoms with Crippen molar-refractivity contribution in [2.24, 2.45) is 4.99 Å². The van der Waals surface area contributed by atoms with Gasteiger partial charge in [-0.2, -0.15) is 0 Å². The topological polar surface area (TPSA) is 41.8 Å². The molecule has 0 bridgehead atoms. The van der Waals surface area contributed by atoms with Crippen molar-refractivity contribution in [3.63, 3.8) is 0 Å². The Morgan fingerprint density at radius 1 is 1.38 bits per heavy atom. The monoisotopic (exact) mass is 219 g/mol. The van der Waals surface area contributed by atoms with Gasteiger partial charge in [0.15, 0.2) is 0 Å². The highest BCUT2D eigenvalue weighted by Crippen LogP contribution is 2.04. The fourth-order valence-electron chi connectivity index (χ4n) is 1.25. The third kappa shape index (κ3) is 4.87. The summed E-state index contributed by atoms with van der Waals surface area (Å²) >= 11 is 0. The van der Waals surface area contributed by atoms with Gasteiger partial charge in [-0.15, -0.1) is 0 Å². The summed E-state index contributed by atoms with van der Waals surface area (Å²) in [5, 5.41) is 8.67. The molecule has 0 unspecified atom stereocenters. The first-order valence-corrected chi connectivity index (χ1v) is 5.25. The second-order valence-corrected chi connectivity index (χ2v) is 3.34. The highest BCUT2D eigenvalue weighted by molar-refractivity contribution is 5.29. The van der Waals surface area contributed by atoms with E-state index in [1.54, 1.807) is 0 Å². The van der Waals surface area contributed by atoms with Crippen molar-refractivity contribution in [2.45, 2.75) is 13.0 Å². The Hall–Kier alpha value is -1.45. The largest absolute Gasteiger partial charge is 0.396 e. The molecule has 16 heavy (non-hydrogen) atoms. The van der Waals surface area contributed by atoms with Crippen LogP contribution in [0.2, 0.25) is 0 Å². The van der Waals surface area contributed by atoms with Crippen molar-refractivity contribution in [2.75, 3.05) is 13.2 Å². The lowest BCUT2D eigenvalue weighted by molar-refractivity contribution is 0.141. The van der Waals surface area contributed by atoms with Gasteiger partial charge in [0.2, 0.25) is 0 Å². The van der Waals surface area contributed by atoms with E-state index in [-0.39, 0.29) is 6.61 Å². The van der Waals surface area contributed by atoms with Crippen molar-refractivity contribution in [3.8, 4) is 0 Å². The van der Waals surface area contributed by atoms with E-state index in [1.165, 1.54) is 0 Å². The van der Waals surface area contributed by atoms with E-state index < -0.39 is 0 Å². The van der Waals surface area contributed by atoms with Crippen LogP contribution in [-0.4, -0.2) is 25.0 Å². The molecule has 3 nitrogen and oxygen atoms in total. The highest BCUT2D eigenvalue weighted by atomic mass is 16.5. The number of ether oxygens (including phenoxy) is 1. The summed E-state index contributed by atoms with van der Waals surface area (Å²) in [6.07, 6.45) is 2.42. The number of hydrogen-bond donors (Lipinski definition) is 1. The Bertz CT molecular complexity index is 333. The van der Waals surface area contributed by atoms with Crippen molar-refractivity contribution < 1.29 is 9.84 Å². The van der Waals surface area contributed by atoms with Crippen LogP contribution in [0.5, 0.6) is 0 Å². The van der Waals surface area contributed by atoms with Crippen molar-refractivity contribution >= 4 is 6.72 Å².